The number of nitrogens with zero attached hydrogens (tertiary/aromatic N) is 3. The number of rotatable bonds is 6. The van der Waals surface area contributed by atoms with Crippen molar-refractivity contribution in [3.63, 3.8) is 0 Å². The first-order chi connectivity index (χ1) is 10.8. The van der Waals surface area contributed by atoms with E-state index < -0.39 is 0 Å². The number of methoxy groups -OCH3 is 1. The summed E-state index contributed by atoms with van der Waals surface area (Å²) in [6.07, 6.45) is 2.26. The third kappa shape index (κ3) is 2.89. The maximum atomic E-state index is 13.1. The molecule has 0 aliphatic carbocycles. The quantitative estimate of drug-likeness (QED) is 0.706. The Morgan fingerprint density at radius 1 is 1.23 bits per heavy atom. The summed E-state index contributed by atoms with van der Waals surface area (Å²) in [5.41, 5.74) is 1.73. The van der Waals surface area contributed by atoms with Crippen LogP contribution in [0.2, 0.25) is 0 Å². The van der Waals surface area contributed by atoms with Crippen LogP contribution in [0.5, 0.6) is 0 Å². The highest BCUT2D eigenvalue weighted by Crippen LogP contribution is 2.31. The summed E-state index contributed by atoms with van der Waals surface area (Å²) in [5.74, 6) is 0.340. The van der Waals surface area contributed by atoms with Crippen molar-refractivity contribution in [1.82, 2.24) is 15.1 Å². The number of aromatic nitrogens is 3. The molecule has 0 saturated carbocycles. The summed E-state index contributed by atoms with van der Waals surface area (Å²) in [4.78, 5) is 8.31. The number of hydrogen-bond donors (Lipinski definition) is 1. The number of benzene rings is 1. The van der Waals surface area contributed by atoms with Crippen LogP contribution in [0.4, 0.5) is 10.2 Å². The normalized spacial score (nSPS) is 11.0. The molecule has 7 heteroatoms. The van der Waals surface area contributed by atoms with E-state index in [1.54, 1.807) is 19.2 Å². The minimum Gasteiger partial charge on any atom is -0.385 e. The SMILES string of the molecule is COCCCNc1ncnc2onc(-c3ccc(F)cc3)c12. The standard InChI is InChI=1S/C15H15FN4O2/c1-21-8-2-7-17-14-12-13(10-3-5-11(16)6-4-10)20-22-15(12)19-9-18-14/h3-6,9H,2,7-8H2,1H3,(H,17,18,19). The molecule has 0 spiro atoms. The lowest BCUT2D eigenvalue weighted by Gasteiger charge is -2.06. The summed E-state index contributed by atoms with van der Waals surface area (Å²) in [6, 6.07) is 6.05. The van der Waals surface area contributed by atoms with Crippen LogP contribution < -0.4 is 5.32 Å². The highest BCUT2D eigenvalue weighted by atomic mass is 19.1. The Hall–Kier alpha value is -2.54. The van der Waals surface area contributed by atoms with E-state index in [-0.39, 0.29) is 5.82 Å². The molecule has 2 aromatic heterocycles. The van der Waals surface area contributed by atoms with Gasteiger partial charge in [-0.3, -0.25) is 0 Å². The molecule has 0 aliphatic heterocycles. The van der Waals surface area contributed by atoms with Gasteiger partial charge in [-0.1, -0.05) is 5.16 Å². The van der Waals surface area contributed by atoms with Crippen molar-refractivity contribution in [1.29, 1.82) is 0 Å². The van der Waals surface area contributed by atoms with Crippen molar-refractivity contribution in [2.24, 2.45) is 0 Å². The van der Waals surface area contributed by atoms with Crippen LogP contribution in [0.15, 0.2) is 35.1 Å². The van der Waals surface area contributed by atoms with Crippen LogP contribution in [0.1, 0.15) is 6.42 Å². The van der Waals surface area contributed by atoms with Gasteiger partial charge in [0.25, 0.3) is 5.71 Å². The molecular weight excluding hydrogens is 287 g/mol. The summed E-state index contributed by atoms with van der Waals surface area (Å²) < 4.78 is 23.3. The lowest BCUT2D eigenvalue weighted by Crippen LogP contribution is -2.06. The topological polar surface area (TPSA) is 73.1 Å². The third-order valence-corrected chi connectivity index (χ3v) is 3.21. The zero-order valence-corrected chi connectivity index (χ0v) is 12.0. The highest BCUT2D eigenvalue weighted by Gasteiger charge is 2.16. The second kappa shape index (κ2) is 6.48. The Balaban J connectivity index is 1.95. The van der Waals surface area contributed by atoms with Crippen molar-refractivity contribution < 1.29 is 13.7 Å². The van der Waals surface area contributed by atoms with E-state index in [1.165, 1.54) is 18.5 Å². The maximum absolute atomic E-state index is 13.1. The summed E-state index contributed by atoms with van der Waals surface area (Å²) in [5, 5.41) is 7.95. The molecule has 2 heterocycles. The fourth-order valence-corrected chi connectivity index (χ4v) is 2.15. The van der Waals surface area contributed by atoms with Gasteiger partial charge >= 0.3 is 0 Å². The molecule has 0 amide bonds. The monoisotopic (exact) mass is 302 g/mol. The van der Waals surface area contributed by atoms with Crippen molar-refractivity contribution in [2.75, 3.05) is 25.6 Å². The first-order valence-corrected chi connectivity index (χ1v) is 6.88. The smallest absolute Gasteiger partial charge is 0.263 e. The van der Waals surface area contributed by atoms with Crippen LogP contribution in [0, 0.1) is 5.82 Å². The van der Waals surface area contributed by atoms with Gasteiger partial charge in [-0.05, 0) is 30.7 Å². The van der Waals surface area contributed by atoms with E-state index in [9.17, 15) is 4.39 Å². The minimum atomic E-state index is -0.300. The number of nitrogens with one attached hydrogen (secondary N) is 1. The van der Waals surface area contributed by atoms with Crippen molar-refractivity contribution >= 4 is 16.9 Å². The summed E-state index contributed by atoms with van der Waals surface area (Å²) >= 11 is 0. The van der Waals surface area contributed by atoms with Crippen LogP contribution in [-0.4, -0.2) is 35.4 Å². The Morgan fingerprint density at radius 2 is 2.05 bits per heavy atom. The van der Waals surface area contributed by atoms with Gasteiger partial charge in [0, 0.05) is 25.8 Å². The van der Waals surface area contributed by atoms with Gasteiger partial charge in [0.1, 0.15) is 29.0 Å². The lowest BCUT2D eigenvalue weighted by molar-refractivity contribution is 0.198. The predicted octanol–water partition coefficient (Wildman–Crippen LogP) is 2.87. The molecule has 0 unspecified atom stereocenters. The van der Waals surface area contributed by atoms with Gasteiger partial charge in [0.2, 0.25) is 0 Å². The number of anilines is 1. The molecule has 1 N–H and O–H groups in total. The summed E-state index contributed by atoms with van der Waals surface area (Å²) in [7, 11) is 1.66. The first kappa shape index (κ1) is 14.4. The van der Waals surface area contributed by atoms with E-state index in [0.29, 0.717) is 35.8 Å². The zero-order valence-electron chi connectivity index (χ0n) is 12.0. The molecule has 1 aromatic carbocycles. The van der Waals surface area contributed by atoms with E-state index in [2.05, 4.69) is 20.4 Å². The number of halogens is 1. The van der Waals surface area contributed by atoms with Crippen LogP contribution in [0.3, 0.4) is 0 Å². The molecule has 0 bridgehead atoms. The van der Waals surface area contributed by atoms with Crippen molar-refractivity contribution in [3.05, 3.63) is 36.4 Å². The lowest BCUT2D eigenvalue weighted by atomic mass is 10.1. The number of fused-ring (bicyclic) bond motifs is 1. The Bertz CT molecular complexity index is 758. The number of ether oxygens (including phenoxy) is 1. The van der Waals surface area contributed by atoms with Crippen LogP contribution in [-0.2, 0) is 4.74 Å². The number of hydrogen-bond acceptors (Lipinski definition) is 6. The van der Waals surface area contributed by atoms with Gasteiger partial charge in [-0.25, -0.2) is 9.37 Å². The summed E-state index contributed by atoms with van der Waals surface area (Å²) in [6.45, 7) is 1.36. The maximum Gasteiger partial charge on any atom is 0.263 e. The molecule has 0 fully saturated rings. The van der Waals surface area contributed by atoms with Gasteiger partial charge in [0.15, 0.2) is 0 Å². The molecule has 0 saturated heterocycles. The average molecular weight is 302 g/mol. The fourth-order valence-electron chi connectivity index (χ4n) is 2.15. The van der Waals surface area contributed by atoms with Crippen LogP contribution >= 0.6 is 0 Å². The molecule has 114 valence electrons. The molecule has 0 atom stereocenters. The highest BCUT2D eigenvalue weighted by molar-refractivity contribution is 5.97. The van der Waals surface area contributed by atoms with Crippen molar-refractivity contribution in [2.45, 2.75) is 6.42 Å². The Morgan fingerprint density at radius 3 is 2.82 bits per heavy atom. The Kier molecular flexibility index (Phi) is 4.24. The average Bonchev–Trinajstić information content (AvgIpc) is 2.97. The van der Waals surface area contributed by atoms with Crippen molar-refractivity contribution in [3.8, 4) is 11.3 Å². The van der Waals surface area contributed by atoms with E-state index >= 15 is 0 Å². The van der Waals surface area contributed by atoms with E-state index in [4.69, 9.17) is 9.26 Å². The zero-order chi connectivity index (χ0) is 15.4. The molecule has 3 rings (SSSR count). The molecular formula is C15H15FN4O2. The van der Waals surface area contributed by atoms with Gasteiger partial charge < -0.3 is 14.6 Å². The molecule has 0 radical (unpaired) electrons. The van der Waals surface area contributed by atoms with Crippen LogP contribution in [0.25, 0.3) is 22.4 Å². The second-order valence-corrected chi connectivity index (χ2v) is 4.71. The largest absolute Gasteiger partial charge is 0.385 e. The molecule has 22 heavy (non-hydrogen) atoms. The van der Waals surface area contributed by atoms with Gasteiger partial charge in [-0.2, -0.15) is 4.98 Å². The third-order valence-electron chi connectivity index (χ3n) is 3.21. The predicted molar refractivity (Wildman–Crippen MR) is 80.0 cm³/mol. The van der Waals surface area contributed by atoms with E-state index in [1.807, 2.05) is 0 Å². The molecule has 0 aliphatic rings. The first-order valence-electron chi connectivity index (χ1n) is 6.88. The van der Waals surface area contributed by atoms with Gasteiger partial charge in [-0.15, -0.1) is 0 Å². The van der Waals surface area contributed by atoms with Gasteiger partial charge in [0.05, 0.1) is 0 Å². The minimum absolute atomic E-state index is 0.300. The second-order valence-electron chi connectivity index (χ2n) is 4.71. The molecule has 3 aromatic rings. The molecule has 6 nitrogen and oxygen atoms in total. The van der Waals surface area contributed by atoms with E-state index in [0.717, 1.165) is 12.0 Å². The fraction of sp³-hybridized carbons (Fsp3) is 0.267. The Labute approximate surface area is 126 Å².